The fourth-order valence-corrected chi connectivity index (χ4v) is 1.13. The number of rotatable bonds is 5. The van der Waals surface area contributed by atoms with Crippen molar-refractivity contribution in [2.75, 3.05) is 6.61 Å². The lowest BCUT2D eigenvalue weighted by molar-refractivity contribution is -0.155. The van der Waals surface area contributed by atoms with Gasteiger partial charge in [-0.15, -0.1) is 0 Å². The summed E-state index contributed by atoms with van der Waals surface area (Å²) in [7, 11) is 0. The third kappa shape index (κ3) is 3.21. The molecule has 0 bridgehead atoms. The molecular weight excluding hydrogens is 176 g/mol. The van der Waals surface area contributed by atoms with Crippen LogP contribution >= 0.6 is 0 Å². The van der Waals surface area contributed by atoms with E-state index in [4.69, 9.17) is 10.2 Å². The summed E-state index contributed by atoms with van der Waals surface area (Å²) in [6.45, 7) is 2.12. The molecule has 0 amide bonds. The lowest BCUT2D eigenvalue weighted by Gasteiger charge is -2.35. The van der Waals surface area contributed by atoms with Gasteiger partial charge in [-0.3, -0.25) is 0 Å². The minimum absolute atomic E-state index is 0.265. The first-order valence-corrected chi connectivity index (χ1v) is 4.22. The molecule has 0 aromatic carbocycles. The highest BCUT2D eigenvalue weighted by Gasteiger charge is 2.39. The van der Waals surface area contributed by atoms with Gasteiger partial charge in [-0.05, 0) is 13.8 Å². The van der Waals surface area contributed by atoms with Crippen molar-refractivity contribution in [2.45, 2.75) is 44.2 Å². The predicted molar refractivity (Wildman–Crippen MR) is 46.0 cm³/mol. The molecule has 0 aliphatic rings. The molecule has 0 aromatic rings. The summed E-state index contributed by atoms with van der Waals surface area (Å²) >= 11 is 0. The first-order valence-electron chi connectivity index (χ1n) is 4.22. The first kappa shape index (κ1) is 12.8. The third-order valence-corrected chi connectivity index (χ3v) is 2.22. The van der Waals surface area contributed by atoms with Crippen LogP contribution in [0.15, 0.2) is 0 Å². The zero-order chi connectivity index (χ0) is 10.6. The Labute approximate surface area is 77.3 Å². The Morgan fingerprint density at radius 1 is 1.08 bits per heavy atom. The summed E-state index contributed by atoms with van der Waals surface area (Å²) in [5.74, 6) is 0. The van der Waals surface area contributed by atoms with Crippen molar-refractivity contribution in [3.05, 3.63) is 0 Å². The van der Waals surface area contributed by atoms with Gasteiger partial charge < -0.3 is 25.5 Å². The van der Waals surface area contributed by atoms with Gasteiger partial charge in [-0.1, -0.05) is 0 Å². The van der Waals surface area contributed by atoms with Gasteiger partial charge in [0, 0.05) is 6.42 Å². The maximum atomic E-state index is 9.70. The molecule has 0 saturated heterocycles. The van der Waals surface area contributed by atoms with Crippen LogP contribution in [0.4, 0.5) is 0 Å². The van der Waals surface area contributed by atoms with Crippen LogP contribution in [0.2, 0.25) is 0 Å². The van der Waals surface area contributed by atoms with Gasteiger partial charge in [-0.25, -0.2) is 0 Å². The van der Waals surface area contributed by atoms with Gasteiger partial charge in [0.15, 0.2) is 0 Å². The summed E-state index contributed by atoms with van der Waals surface area (Å²) in [4.78, 5) is 0. The van der Waals surface area contributed by atoms with Gasteiger partial charge in [0.2, 0.25) is 0 Å². The molecule has 0 radical (unpaired) electrons. The van der Waals surface area contributed by atoms with Crippen molar-refractivity contribution < 1.29 is 25.5 Å². The Balaban J connectivity index is 4.42. The Morgan fingerprint density at radius 2 is 1.46 bits per heavy atom. The highest BCUT2D eigenvalue weighted by Crippen LogP contribution is 2.22. The van der Waals surface area contributed by atoms with E-state index < -0.39 is 30.5 Å². The van der Waals surface area contributed by atoms with Crippen LogP contribution < -0.4 is 0 Å². The smallest absolute Gasteiger partial charge is 0.118 e. The average Bonchev–Trinajstić information content (AvgIpc) is 2.03. The fourth-order valence-electron chi connectivity index (χ4n) is 1.13. The maximum absolute atomic E-state index is 9.70. The van der Waals surface area contributed by atoms with Crippen molar-refractivity contribution in [1.29, 1.82) is 0 Å². The molecule has 5 N–H and O–H groups in total. The Bertz CT molecular complexity index is 137. The second-order valence-corrected chi connectivity index (χ2v) is 3.38. The van der Waals surface area contributed by atoms with E-state index in [1.165, 1.54) is 13.8 Å². The number of aliphatic hydroxyl groups is 5. The van der Waals surface area contributed by atoms with E-state index in [2.05, 4.69) is 0 Å². The molecule has 5 nitrogen and oxygen atoms in total. The summed E-state index contributed by atoms with van der Waals surface area (Å²) in [6.07, 6.45) is -3.75. The van der Waals surface area contributed by atoms with E-state index >= 15 is 0 Å². The van der Waals surface area contributed by atoms with Crippen LogP contribution in [0.1, 0.15) is 20.3 Å². The van der Waals surface area contributed by atoms with Gasteiger partial charge in [0.05, 0.1) is 24.9 Å². The molecule has 0 rings (SSSR count). The van der Waals surface area contributed by atoms with Crippen molar-refractivity contribution in [1.82, 2.24) is 0 Å². The van der Waals surface area contributed by atoms with Crippen LogP contribution in [-0.4, -0.2) is 56.1 Å². The molecule has 0 aliphatic heterocycles. The van der Waals surface area contributed by atoms with E-state index in [1.807, 2.05) is 0 Å². The van der Waals surface area contributed by atoms with Gasteiger partial charge in [-0.2, -0.15) is 0 Å². The lowest BCUT2D eigenvalue weighted by Crippen LogP contribution is -2.52. The molecule has 80 valence electrons. The molecule has 4 atom stereocenters. The van der Waals surface area contributed by atoms with Crippen molar-refractivity contribution in [3.8, 4) is 0 Å². The van der Waals surface area contributed by atoms with E-state index in [-0.39, 0.29) is 6.42 Å². The van der Waals surface area contributed by atoms with Crippen molar-refractivity contribution in [3.63, 3.8) is 0 Å². The monoisotopic (exact) mass is 194 g/mol. The van der Waals surface area contributed by atoms with E-state index in [0.717, 1.165) is 0 Å². The summed E-state index contributed by atoms with van der Waals surface area (Å²) in [6, 6.07) is 0. The van der Waals surface area contributed by atoms with Crippen LogP contribution in [-0.2, 0) is 0 Å². The zero-order valence-corrected chi connectivity index (χ0v) is 7.88. The van der Waals surface area contributed by atoms with E-state index in [9.17, 15) is 15.3 Å². The van der Waals surface area contributed by atoms with E-state index in [0.29, 0.717) is 0 Å². The second kappa shape index (κ2) is 4.88. The van der Waals surface area contributed by atoms with Gasteiger partial charge in [0.25, 0.3) is 0 Å². The summed E-state index contributed by atoms with van der Waals surface area (Å²) < 4.78 is 0. The molecule has 0 saturated carbocycles. The molecular formula is C8H18O5. The van der Waals surface area contributed by atoms with Crippen LogP contribution in [0.3, 0.4) is 0 Å². The normalized spacial score (nSPS) is 23.3. The number of aliphatic hydroxyl groups excluding tert-OH is 4. The third-order valence-electron chi connectivity index (χ3n) is 2.22. The minimum atomic E-state index is -1.78. The Morgan fingerprint density at radius 3 is 1.69 bits per heavy atom. The number of hydrogen-bond donors (Lipinski definition) is 5. The molecule has 5 heteroatoms. The second-order valence-electron chi connectivity index (χ2n) is 3.38. The van der Waals surface area contributed by atoms with Crippen LogP contribution in [0.5, 0.6) is 0 Å². The van der Waals surface area contributed by atoms with Crippen molar-refractivity contribution >= 4 is 0 Å². The lowest BCUT2D eigenvalue weighted by atomic mass is 9.86. The zero-order valence-electron chi connectivity index (χ0n) is 7.88. The Kier molecular flexibility index (Phi) is 4.80. The van der Waals surface area contributed by atoms with Gasteiger partial charge >= 0.3 is 0 Å². The topological polar surface area (TPSA) is 101 Å². The molecule has 0 heterocycles. The largest absolute Gasteiger partial charge is 0.394 e. The van der Waals surface area contributed by atoms with Crippen LogP contribution in [0, 0.1) is 0 Å². The standard InChI is InChI=1S/C8H18O5/c1-5(10)8(13,6(2)11)3-7(12)4-9/h5-7,9-13H,3-4H2,1-2H3/t5-,6+,7-,8?/m1/s1. The van der Waals surface area contributed by atoms with Crippen LogP contribution in [0.25, 0.3) is 0 Å². The molecule has 0 aliphatic carbocycles. The first-order chi connectivity index (χ1) is 5.84. The fraction of sp³-hybridized carbons (Fsp3) is 1.00. The van der Waals surface area contributed by atoms with Gasteiger partial charge in [0.1, 0.15) is 5.60 Å². The number of hydrogen-bond acceptors (Lipinski definition) is 5. The predicted octanol–water partition coefficient (Wildman–Crippen LogP) is -1.78. The molecule has 0 fully saturated rings. The van der Waals surface area contributed by atoms with Crippen molar-refractivity contribution in [2.24, 2.45) is 0 Å². The molecule has 0 spiro atoms. The molecule has 1 unspecified atom stereocenters. The molecule has 0 aromatic heterocycles. The highest BCUT2D eigenvalue weighted by atomic mass is 16.4. The Hall–Kier alpha value is -0.200. The van der Waals surface area contributed by atoms with E-state index in [1.54, 1.807) is 0 Å². The maximum Gasteiger partial charge on any atom is 0.118 e. The SMILES string of the molecule is C[C@H](O)C(O)(C[C@@H](O)CO)[C@@H](C)O. The highest BCUT2D eigenvalue weighted by molar-refractivity contribution is 4.90. The molecule has 13 heavy (non-hydrogen) atoms. The summed E-state index contributed by atoms with van der Waals surface area (Å²) in [5, 5.41) is 45.7. The average molecular weight is 194 g/mol. The minimum Gasteiger partial charge on any atom is -0.394 e. The summed E-state index contributed by atoms with van der Waals surface area (Å²) in [5.41, 5.74) is -1.78. The quantitative estimate of drug-likeness (QED) is 0.356.